The summed E-state index contributed by atoms with van der Waals surface area (Å²) in [6.07, 6.45) is 0.165. The molecule has 2 aromatic carbocycles. The normalized spacial score (nSPS) is 10.7. The number of hydrogen-bond donors (Lipinski definition) is 2. The fourth-order valence-electron chi connectivity index (χ4n) is 2.12. The molecule has 0 bridgehead atoms. The molecule has 0 spiro atoms. The summed E-state index contributed by atoms with van der Waals surface area (Å²) in [6.45, 7) is 4.79. The zero-order chi connectivity index (χ0) is 18.9. The van der Waals surface area contributed by atoms with Gasteiger partial charge in [0.15, 0.2) is 5.11 Å². The van der Waals surface area contributed by atoms with Crippen LogP contribution in [0.4, 0.5) is 5.69 Å². The van der Waals surface area contributed by atoms with Crippen molar-refractivity contribution < 1.29 is 4.74 Å². The number of halogens is 2. The quantitative estimate of drug-likeness (QED) is 0.397. The molecule has 2 rings (SSSR count). The molecule has 3 nitrogen and oxygen atoms in total. The molecule has 26 heavy (non-hydrogen) atoms. The molecule has 2 aromatic rings. The van der Waals surface area contributed by atoms with E-state index < -0.39 is 0 Å². The van der Waals surface area contributed by atoms with Crippen molar-refractivity contribution in [2.45, 2.75) is 25.7 Å². The Kier molecular flexibility index (Phi) is 8.85. The number of thiocarbonyl (C=S) groups is 1. The van der Waals surface area contributed by atoms with Crippen molar-refractivity contribution in [3.8, 4) is 5.75 Å². The number of ether oxygens (including phenoxy) is 1. The van der Waals surface area contributed by atoms with Crippen molar-refractivity contribution in [3.63, 3.8) is 0 Å². The summed E-state index contributed by atoms with van der Waals surface area (Å²) >= 11 is 19.1. The topological polar surface area (TPSA) is 33.3 Å². The van der Waals surface area contributed by atoms with E-state index in [1.807, 2.05) is 68.1 Å². The lowest BCUT2D eigenvalue weighted by molar-refractivity contribution is 0.242. The Balaban J connectivity index is 1.64. The Morgan fingerprint density at radius 2 is 1.85 bits per heavy atom. The first-order valence-electron chi connectivity index (χ1n) is 8.27. The predicted molar refractivity (Wildman–Crippen MR) is 119 cm³/mol. The van der Waals surface area contributed by atoms with Gasteiger partial charge in [-0.2, -0.15) is 11.8 Å². The van der Waals surface area contributed by atoms with Gasteiger partial charge >= 0.3 is 0 Å². The molecule has 140 valence electrons. The van der Waals surface area contributed by atoms with Crippen molar-refractivity contribution in [2.24, 2.45) is 0 Å². The highest BCUT2D eigenvalue weighted by molar-refractivity contribution is 7.98. The first-order chi connectivity index (χ1) is 12.4. The third-order valence-corrected chi connectivity index (χ3v) is 5.28. The molecule has 0 atom stereocenters. The van der Waals surface area contributed by atoms with E-state index in [0.29, 0.717) is 15.2 Å². The van der Waals surface area contributed by atoms with Crippen LogP contribution >= 0.6 is 47.2 Å². The van der Waals surface area contributed by atoms with Crippen LogP contribution in [0.15, 0.2) is 42.5 Å². The van der Waals surface area contributed by atoms with E-state index in [4.69, 9.17) is 40.2 Å². The second-order valence-electron chi connectivity index (χ2n) is 5.87. The minimum Gasteiger partial charge on any atom is -0.491 e. The van der Waals surface area contributed by atoms with Gasteiger partial charge in [-0.1, -0.05) is 29.3 Å². The monoisotopic (exact) mass is 428 g/mol. The van der Waals surface area contributed by atoms with Crippen LogP contribution in [0.2, 0.25) is 10.0 Å². The highest BCUT2D eigenvalue weighted by Gasteiger charge is 2.02. The van der Waals surface area contributed by atoms with E-state index in [1.54, 1.807) is 0 Å². The highest BCUT2D eigenvalue weighted by atomic mass is 35.5. The molecule has 0 aliphatic heterocycles. The summed E-state index contributed by atoms with van der Waals surface area (Å²) in [4.78, 5) is 0. The third kappa shape index (κ3) is 7.62. The standard InChI is InChI=1S/C19H22Cl2N2OS2/c1-13(2)24-16-6-4-15(5-7-16)23-19(25)22-9-10-26-12-14-3-8-17(20)18(21)11-14/h3-8,11,13H,9-10,12H2,1-2H3,(H2,22,23,25). The minimum absolute atomic E-state index is 0.165. The van der Waals surface area contributed by atoms with Gasteiger partial charge in [-0.3, -0.25) is 0 Å². The molecule has 0 aliphatic rings. The molecule has 0 unspecified atom stereocenters. The number of anilines is 1. The van der Waals surface area contributed by atoms with Crippen molar-refractivity contribution in [3.05, 3.63) is 58.1 Å². The van der Waals surface area contributed by atoms with Crippen molar-refractivity contribution >= 4 is 58.0 Å². The molecule has 0 saturated carbocycles. The van der Waals surface area contributed by atoms with Gasteiger partial charge in [0.25, 0.3) is 0 Å². The van der Waals surface area contributed by atoms with E-state index in [9.17, 15) is 0 Å². The Labute approximate surface area is 174 Å². The van der Waals surface area contributed by atoms with Crippen LogP contribution < -0.4 is 15.4 Å². The molecule has 0 saturated heterocycles. The molecular weight excluding hydrogens is 407 g/mol. The van der Waals surface area contributed by atoms with E-state index >= 15 is 0 Å². The zero-order valence-corrected chi connectivity index (χ0v) is 17.9. The lowest BCUT2D eigenvalue weighted by Gasteiger charge is -2.12. The van der Waals surface area contributed by atoms with Gasteiger partial charge in [0.1, 0.15) is 5.75 Å². The molecule has 0 aliphatic carbocycles. The maximum atomic E-state index is 6.02. The SMILES string of the molecule is CC(C)Oc1ccc(NC(=S)NCCSCc2ccc(Cl)c(Cl)c2)cc1. The summed E-state index contributed by atoms with van der Waals surface area (Å²) < 4.78 is 5.62. The largest absolute Gasteiger partial charge is 0.491 e. The zero-order valence-electron chi connectivity index (χ0n) is 14.7. The third-order valence-electron chi connectivity index (χ3n) is 3.27. The van der Waals surface area contributed by atoms with E-state index in [-0.39, 0.29) is 6.10 Å². The smallest absolute Gasteiger partial charge is 0.170 e. The second kappa shape index (κ2) is 10.9. The molecule has 7 heteroatoms. The average molecular weight is 429 g/mol. The van der Waals surface area contributed by atoms with Gasteiger partial charge in [0.05, 0.1) is 16.1 Å². The molecule has 2 N–H and O–H groups in total. The summed E-state index contributed by atoms with van der Waals surface area (Å²) in [5.74, 6) is 2.67. The lowest BCUT2D eigenvalue weighted by Crippen LogP contribution is -2.30. The van der Waals surface area contributed by atoms with E-state index in [0.717, 1.165) is 35.1 Å². The fourth-order valence-corrected chi connectivity index (χ4v) is 3.47. The Morgan fingerprint density at radius 1 is 1.12 bits per heavy atom. The van der Waals surface area contributed by atoms with Gasteiger partial charge < -0.3 is 15.4 Å². The molecule has 0 aromatic heterocycles. The number of benzene rings is 2. The Hall–Kier alpha value is -1.14. The van der Waals surface area contributed by atoms with Crippen LogP contribution in [-0.4, -0.2) is 23.5 Å². The van der Waals surface area contributed by atoms with Crippen LogP contribution in [0.3, 0.4) is 0 Å². The predicted octanol–water partition coefficient (Wildman–Crippen LogP) is 6.00. The fraction of sp³-hybridized carbons (Fsp3) is 0.316. The average Bonchev–Trinajstić information content (AvgIpc) is 2.59. The van der Waals surface area contributed by atoms with Crippen molar-refractivity contribution in [1.82, 2.24) is 5.32 Å². The second-order valence-corrected chi connectivity index (χ2v) is 8.20. The van der Waals surface area contributed by atoms with Crippen molar-refractivity contribution in [2.75, 3.05) is 17.6 Å². The van der Waals surface area contributed by atoms with Gasteiger partial charge in [0, 0.05) is 23.7 Å². The van der Waals surface area contributed by atoms with Crippen LogP contribution in [0.25, 0.3) is 0 Å². The molecular formula is C19H22Cl2N2OS2. The maximum Gasteiger partial charge on any atom is 0.170 e. The van der Waals surface area contributed by atoms with Crippen LogP contribution in [-0.2, 0) is 5.75 Å². The van der Waals surface area contributed by atoms with E-state index in [2.05, 4.69) is 10.6 Å². The van der Waals surface area contributed by atoms with Gasteiger partial charge in [0.2, 0.25) is 0 Å². The maximum absolute atomic E-state index is 6.02. The van der Waals surface area contributed by atoms with Gasteiger partial charge in [-0.25, -0.2) is 0 Å². The summed E-state index contributed by atoms with van der Waals surface area (Å²) in [5, 5.41) is 8.16. The highest BCUT2D eigenvalue weighted by Crippen LogP contribution is 2.24. The van der Waals surface area contributed by atoms with Crippen LogP contribution in [0, 0.1) is 0 Å². The first-order valence-corrected chi connectivity index (χ1v) is 10.6. The molecule has 0 fully saturated rings. The van der Waals surface area contributed by atoms with Crippen LogP contribution in [0.1, 0.15) is 19.4 Å². The molecule has 0 amide bonds. The molecule has 0 heterocycles. The number of nitrogens with one attached hydrogen (secondary N) is 2. The molecule has 0 radical (unpaired) electrons. The van der Waals surface area contributed by atoms with E-state index in [1.165, 1.54) is 0 Å². The first kappa shape index (κ1) is 21.2. The van der Waals surface area contributed by atoms with Crippen molar-refractivity contribution in [1.29, 1.82) is 0 Å². The van der Waals surface area contributed by atoms with Crippen LogP contribution in [0.5, 0.6) is 5.75 Å². The van der Waals surface area contributed by atoms with Gasteiger partial charge in [-0.05, 0) is 68.0 Å². The number of hydrogen-bond acceptors (Lipinski definition) is 3. The summed E-state index contributed by atoms with van der Waals surface area (Å²) in [7, 11) is 0. The summed E-state index contributed by atoms with van der Waals surface area (Å²) in [5.41, 5.74) is 2.09. The van der Waals surface area contributed by atoms with Gasteiger partial charge in [-0.15, -0.1) is 0 Å². The Morgan fingerprint density at radius 3 is 2.50 bits per heavy atom. The Bertz CT molecular complexity index is 724. The lowest BCUT2D eigenvalue weighted by atomic mass is 10.2. The summed E-state index contributed by atoms with van der Waals surface area (Å²) in [6, 6.07) is 13.5. The number of rotatable bonds is 8. The minimum atomic E-state index is 0.165. The number of thioether (sulfide) groups is 1.